The van der Waals surface area contributed by atoms with Crippen molar-refractivity contribution in [2.75, 3.05) is 19.6 Å². The van der Waals surface area contributed by atoms with Crippen molar-refractivity contribution in [3.63, 3.8) is 0 Å². The lowest BCUT2D eigenvalue weighted by atomic mass is 10.2. The van der Waals surface area contributed by atoms with Crippen molar-refractivity contribution in [1.29, 1.82) is 5.26 Å². The molecule has 13 heavy (non-hydrogen) atoms. The van der Waals surface area contributed by atoms with Crippen LogP contribution >= 0.6 is 0 Å². The van der Waals surface area contributed by atoms with Crippen LogP contribution in [0.5, 0.6) is 0 Å². The van der Waals surface area contributed by atoms with Gasteiger partial charge in [0.2, 0.25) is 5.91 Å². The maximum Gasteiger partial charge on any atom is 0.239 e. The van der Waals surface area contributed by atoms with Gasteiger partial charge in [-0.3, -0.25) is 4.79 Å². The predicted octanol–water partition coefficient (Wildman–Crippen LogP) is 0.110. The van der Waals surface area contributed by atoms with Crippen LogP contribution in [0.4, 0.5) is 0 Å². The molecule has 72 valence electrons. The van der Waals surface area contributed by atoms with Gasteiger partial charge in [-0.05, 0) is 13.3 Å². The SMILES string of the molecule is CC1NCCN(CCCC#N)C1=O. The first-order valence-electron chi connectivity index (χ1n) is 4.65. The number of nitrogens with one attached hydrogen (secondary N) is 1. The summed E-state index contributed by atoms with van der Waals surface area (Å²) in [5, 5.41) is 11.4. The molecule has 0 bridgehead atoms. The van der Waals surface area contributed by atoms with Gasteiger partial charge in [0, 0.05) is 26.1 Å². The van der Waals surface area contributed by atoms with Gasteiger partial charge in [-0.15, -0.1) is 0 Å². The monoisotopic (exact) mass is 181 g/mol. The van der Waals surface area contributed by atoms with E-state index in [1.54, 1.807) is 0 Å². The Kier molecular flexibility index (Phi) is 3.71. The maximum atomic E-state index is 11.5. The summed E-state index contributed by atoms with van der Waals surface area (Å²) in [6.07, 6.45) is 1.32. The van der Waals surface area contributed by atoms with Crippen molar-refractivity contribution < 1.29 is 4.79 Å². The van der Waals surface area contributed by atoms with Gasteiger partial charge in [0.1, 0.15) is 0 Å². The molecule has 1 fully saturated rings. The molecule has 0 saturated carbocycles. The summed E-state index contributed by atoms with van der Waals surface area (Å²) in [5.41, 5.74) is 0. The second kappa shape index (κ2) is 4.83. The van der Waals surface area contributed by atoms with E-state index in [1.807, 2.05) is 11.8 Å². The summed E-state index contributed by atoms with van der Waals surface area (Å²) in [6.45, 7) is 4.23. The molecule has 0 radical (unpaired) electrons. The van der Waals surface area contributed by atoms with Gasteiger partial charge in [0.15, 0.2) is 0 Å². The Morgan fingerprint density at radius 2 is 2.54 bits per heavy atom. The summed E-state index contributed by atoms with van der Waals surface area (Å²) in [7, 11) is 0. The highest BCUT2D eigenvalue weighted by molar-refractivity contribution is 5.82. The normalized spacial score (nSPS) is 22.9. The summed E-state index contributed by atoms with van der Waals surface area (Å²) < 4.78 is 0. The molecule has 4 nitrogen and oxygen atoms in total. The Morgan fingerprint density at radius 1 is 1.77 bits per heavy atom. The zero-order chi connectivity index (χ0) is 9.68. The first-order valence-corrected chi connectivity index (χ1v) is 4.65. The largest absolute Gasteiger partial charge is 0.340 e. The van der Waals surface area contributed by atoms with Gasteiger partial charge < -0.3 is 10.2 Å². The molecule has 1 N–H and O–H groups in total. The number of hydrogen-bond donors (Lipinski definition) is 1. The van der Waals surface area contributed by atoms with Crippen molar-refractivity contribution in [3.05, 3.63) is 0 Å². The van der Waals surface area contributed by atoms with Crippen LogP contribution in [0.3, 0.4) is 0 Å². The van der Waals surface area contributed by atoms with Crippen LogP contribution in [-0.2, 0) is 4.79 Å². The number of nitriles is 1. The molecule has 1 saturated heterocycles. The Balaban J connectivity index is 2.32. The van der Waals surface area contributed by atoms with Gasteiger partial charge in [0.05, 0.1) is 12.1 Å². The number of rotatable bonds is 3. The molecule has 0 aliphatic carbocycles. The first kappa shape index (κ1) is 10.0. The number of unbranched alkanes of at least 4 members (excludes halogenated alkanes) is 1. The molecule has 0 aromatic heterocycles. The summed E-state index contributed by atoms with van der Waals surface area (Å²) in [5.74, 6) is 0.157. The third-order valence-electron chi connectivity index (χ3n) is 2.23. The molecule has 1 unspecified atom stereocenters. The Hall–Kier alpha value is -1.08. The fraction of sp³-hybridized carbons (Fsp3) is 0.778. The van der Waals surface area contributed by atoms with E-state index in [-0.39, 0.29) is 11.9 Å². The lowest BCUT2D eigenvalue weighted by molar-refractivity contribution is -0.135. The molecule has 1 atom stereocenters. The molecule has 0 aromatic rings. The van der Waals surface area contributed by atoms with Crippen molar-refractivity contribution in [3.8, 4) is 6.07 Å². The third kappa shape index (κ3) is 2.71. The third-order valence-corrected chi connectivity index (χ3v) is 2.23. The van der Waals surface area contributed by atoms with Gasteiger partial charge >= 0.3 is 0 Å². The molecule has 1 aliphatic heterocycles. The standard InChI is InChI=1S/C9H15N3O/c1-8-9(13)12(7-5-11-8)6-3-2-4-10/h8,11H,2-3,5-7H2,1H3. The van der Waals surface area contributed by atoms with Crippen LogP contribution in [0.2, 0.25) is 0 Å². The van der Waals surface area contributed by atoms with Crippen LogP contribution in [0.25, 0.3) is 0 Å². The van der Waals surface area contributed by atoms with E-state index in [9.17, 15) is 4.79 Å². The lowest BCUT2D eigenvalue weighted by Gasteiger charge is -2.31. The van der Waals surface area contributed by atoms with Gasteiger partial charge in [0.25, 0.3) is 0 Å². The van der Waals surface area contributed by atoms with Crippen LogP contribution in [0.15, 0.2) is 0 Å². The highest BCUT2D eigenvalue weighted by Gasteiger charge is 2.23. The molecule has 1 heterocycles. The lowest BCUT2D eigenvalue weighted by Crippen LogP contribution is -2.53. The molecule has 1 aliphatic rings. The minimum absolute atomic E-state index is 0.0594. The van der Waals surface area contributed by atoms with Gasteiger partial charge in [-0.2, -0.15) is 5.26 Å². The first-order chi connectivity index (χ1) is 6.25. The zero-order valence-electron chi connectivity index (χ0n) is 7.92. The van der Waals surface area contributed by atoms with Crippen LogP contribution in [0.1, 0.15) is 19.8 Å². The average molecular weight is 181 g/mol. The second-order valence-corrected chi connectivity index (χ2v) is 3.26. The molecule has 0 spiro atoms. The average Bonchev–Trinajstić information content (AvgIpc) is 2.13. The van der Waals surface area contributed by atoms with E-state index in [1.165, 1.54) is 0 Å². The minimum atomic E-state index is -0.0594. The fourth-order valence-electron chi connectivity index (χ4n) is 1.46. The van der Waals surface area contributed by atoms with E-state index in [4.69, 9.17) is 5.26 Å². The predicted molar refractivity (Wildman–Crippen MR) is 48.9 cm³/mol. The van der Waals surface area contributed by atoms with Crippen LogP contribution in [-0.4, -0.2) is 36.5 Å². The van der Waals surface area contributed by atoms with Gasteiger partial charge in [-0.1, -0.05) is 0 Å². The van der Waals surface area contributed by atoms with Crippen molar-refractivity contribution >= 4 is 5.91 Å². The van der Waals surface area contributed by atoms with Gasteiger partial charge in [-0.25, -0.2) is 0 Å². The fourth-order valence-corrected chi connectivity index (χ4v) is 1.46. The Bertz CT molecular complexity index is 221. The summed E-state index contributed by atoms with van der Waals surface area (Å²) in [4.78, 5) is 13.3. The number of carbonyl (C=O) groups is 1. The number of carbonyl (C=O) groups excluding carboxylic acids is 1. The number of amides is 1. The number of piperazine rings is 1. The molecular weight excluding hydrogens is 166 g/mol. The van der Waals surface area contributed by atoms with E-state index in [0.29, 0.717) is 6.42 Å². The van der Waals surface area contributed by atoms with E-state index in [2.05, 4.69) is 11.4 Å². The van der Waals surface area contributed by atoms with Crippen LogP contribution in [0, 0.1) is 11.3 Å². The topological polar surface area (TPSA) is 56.1 Å². The summed E-state index contributed by atoms with van der Waals surface area (Å²) >= 11 is 0. The van der Waals surface area contributed by atoms with E-state index in [0.717, 1.165) is 26.1 Å². The minimum Gasteiger partial charge on any atom is -0.340 e. The molecular formula is C9H15N3O. The van der Waals surface area contributed by atoms with E-state index < -0.39 is 0 Å². The number of hydrogen-bond acceptors (Lipinski definition) is 3. The number of nitrogens with zero attached hydrogens (tertiary/aromatic N) is 2. The van der Waals surface area contributed by atoms with Crippen molar-refractivity contribution in [2.24, 2.45) is 0 Å². The quantitative estimate of drug-likeness (QED) is 0.629. The highest BCUT2D eigenvalue weighted by atomic mass is 16.2. The van der Waals surface area contributed by atoms with Crippen molar-refractivity contribution in [2.45, 2.75) is 25.8 Å². The van der Waals surface area contributed by atoms with Crippen molar-refractivity contribution in [1.82, 2.24) is 10.2 Å². The van der Waals surface area contributed by atoms with E-state index >= 15 is 0 Å². The summed E-state index contributed by atoms with van der Waals surface area (Å²) in [6, 6.07) is 2.02. The Labute approximate surface area is 78.5 Å². The Morgan fingerprint density at radius 3 is 3.23 bits per heavy atom. The van der Waals surface area contributed by atoms with Crippen LogP contribution < -0.4 is 5.32 Å². The zero-order valence-corrected chi connectivity index (χ0v) is 7.92. The molecule has 0 aromatic carbocycles. The highest BCUT2D eigenvalue weighted by Crippen LogP contribution is 2.02. The smallest absolute Gasteiger partial charge is 0.239 e. The molecule has 1 amide bonds. The second-order valence-electron chi connectivity index (χ2n) is 3.26. The maximum absolute atomic E-state index is 11.5. The molecule has 4 heteroatoms. The molecule has 1 rings (SSSR count).